The summed E-state index contributed by atoms with van der Waals surface area (Å²) < 4.78 is 5.33. The Morgan fingerprint density at radius 3 is 3.07 bits per heavy atom. The van der Waals surface area contributed by atoms with Gasteiger partial charge < -0.3 is 9.52 Å². The molecule has 0 saturated heterocycles. The zero-order valence-corrected chi connectivity index (χ0v) is 7.65. The lowest BCUT2D eigenvalue weighted by atomic mass is 10.1. The SMILES string of the molecule is Cc1nc2cccc(CC(=O)O)c2o1. The van der Waals surface area contributed by atoms with E-state index < -0.39 is 5.97 Å². The van der Waals surface area contributed by atoms with E-state index in [4.69, 9.17) is 9.52 Å². The topological polar surface area (TPSA) is 63.3 Å². The maximum Gasteiger partial charge on any atom is 0.307 e. The van der Waals surface area contributed by atoms with Gasteiger partial charge in [-0.3, -0.25) is 4.79 Å². The first-order chi connectivity index (χ1) is 6.66. The van der Waals surface area contributed by atoms with Crippen molar-refractivity contribution >= 4 is 17.1 Å². The van der Waals surface area contributed by atoms with Crippen LogP contribution >= 0.6 is 0 Å². The summed E-state index contributed by atoms with van der Waals surface area (Å²) in [4.78, 5) is 14.7. The van der Waals surface area contributed by atoms with Crippen molar-refractivity contribution in [1.29, 1.82) is 0 Å². The van der Waals surface area contributed by atoms with E-state index >= 15 is 0 Å². The van der Waals surface area contributed by atoms with E-state index in [0.29, 0.717) is 22.6 Å². The second-order valence-corrected chi connectivity index (χ2v) is 3.07. The Morgan fingerprint density at radius 2 is 2.36 bits per heavy atom. The van der Waals surface area contributed by atoms with Crippen molar-refractivity contribution in [2.24, 2.45) is 0 Å². The summed E-state index contributed by atoms with van der Waals surface area (Å²) in [7, 11) is 0. The number of benzene rings is 1. The normalized spacial score (nSPS) is 10.6. The summed E-state index contributed by atoms with van der Waals surface area (Å²) in [5.41, 5.74) is 1.95. The van der Waals surface area contributed by atoms with E-state index in [1.807, 2.05) is 0 Å². The molecule has 0 unspecified atom stereocenters. The first-order valence-electron chi connectivity index (χ1n) is 4.23. The standard InChI is InChI=1S/C10H9NO3/c1-6-11-8-4-2-3-7(5-9(12)13)10(8)14-6/h2-4H,5H2,1H3,(H,12,13). The van der Waals surface area contributed by atoms with Crippen LogP contribution in [0.25, 0.3) is 11.1 Å². The van der Waals surface area contributed by atoms with E-state index in [1.54, 1.807) is 25.1 Å². The molecule has 72 valence electrons. The fourth-order valence-corrected chi connectivity index (χ4v) is 1.42. The fourth-order valence-electron chi connectivity index (χ4n) is 1.42. The van der Waals surface area contributed by atoms with Crippen LogP contribution in [0, 0.1) is 6.92 Å². The summed E-state index contributed by atoms with van der Waals surface area (Å²) in [6.07, 6.45) is -0.0357. The number of carbonyl (C=O) groups is 1. The van der Waals surface area contributed by atoms with Crippen molar-refractivity contribution in [2.45, 2.75) is 13.3 Å². The summed E-state index contributed by atoms with van der Waals surface area (Å²) in [5, 5.41) is 8.67. The van der Waals surface area contributed by atoms with E-state index in [0.717, 1.165) is 0 Å². The van der Waals surface area contributed by atoms with Crippen molar-refractivity contribution in [3.05, 3.63) is 29.7 Å². The van der Waals surface area contributed by atoms with Crippen LogP contribution in [0.4, 0.5) is 0 Å². The first-order valence-corrected chi connectivity index (χ1v) is 4.23. The average Bonchev–Trinajstić information content (AvgIpc) is 2.45. The van der Waals surface area contributed by atoms with Gasteiger partial charge in [-0.1, -0.05) is 12.1 Å². The van der Waals surface area contributed by atoms with Gasteiger partial charge in [-0.25, -0.2) is 4.98 Å². The summed E-state index contributed by atoms with van der Waals surface area (Å²) >= 11 is 0. The van der Waals surface area contributed by atoms with Gasteiger partial charge in [0.25, 0.3) is 0 Å². The molecular weight excluding hydrogens is 182 g/mol. The van der Waals surface area contributed by atoms with Gasteiger partial charge >= 0.3 is 5.97 Å². The Labute approximate surface area is 80.2 Å². The lowest BCUT2D eigenvalue weighted by Crippen LogP contribution is -1.99. The number of aryl methyl sites for hydroxylation is 1. The van der Waals surface area contributed by atoms with Gasteiger partial charge in [0.15, 0.2) is 11.5 Å². The minimum Gasteiger partial charge on any atom is -0.481 e. The van der Waals surface area contributed by atoms with Gasteiger partial charge in [-0.2, -0.15) is 0 Å². The molecule has 0 aliphatic rings. The molecule has 0 radical (unpaired) electrons. The Morgan fingerprint density at radius 1 is 1.57 bits per heavy atom. The average molecular weight is 191 g/mol. The van der Waals surface area contributed by atoms with E-state index in [2.05, 4.69) is 4.98 Å². The summed E-state index contributed by atoms with van der Waals surface area (Å²) in [6, 6.07) is 5.32. The predicted molar refractivity (Wildman–Crippen MR) is 50.1 cm³/mol. The third-order valence-electron chi connectivity index (χ3n) is 1.95. The first kappa shape index (κ1) is 8.74. The van der Waals surface area contributed by atoms with Crippen LogP contribution in [0.5, 0.6) is 0 Å². The van der Waals surface area contributed by atoms with Gasteiger partial charge in [-0.15, -0.1) is 0 Å². The second-order valence-electron chi connectivity index (χ2n) is 3.07. The highest BCUT2D eigenvalue weighted by Crippen LogP contribution is 2.19. The largest absolute Gasteiger partial charge is 0.481 e. The van der Waals surface area contributed by atoms with Gasteiger partial charge in [0.1, 0.15) is 5.52 Å². The van der Waals surface area contributed by atoms with Crippen LogP contribution in [-0.4, -0.2) is 16.1 Å². The molecule has 0 amide bonds. The molecule has 4 nitrogen and oxygen atoms in total. The molecule has 1 N–H and O–H groups in total. The van der Waals surface area contributed by atoms with Crippen molar-refractivity contribution in [3.8, 4) is 0 Å². The molecule has 0 atom stereocenters. The van der Waals surface area contributed by atoms with Crippen molar-refractivity contribution in [2.75, 3.05) is 0 Å². The third-order valence-corrected chi connectivity index (χ3v) is 1.95. The van der Waals surface area contributed by atoms with Crippen LogP contribution in [-0.2, 0) is 11.2 Å². The Hall–Kier alpha value is -1.84. The second kappa shape index (κ2) is 3.14. The smallest absolute Gasteiger partial charge is 0.307 e. The third kappa shape index (κ3) is 1.46. The number of carboxylic acid groups (broad SMARTS) is 1. The van der Waals surface area contributed by atoms with Crippen molar-refractivity contribution in [3.63, 3.8) is 0 Å². The van der Waals surface area contributed by atoms with Gasteiger partial charge in [0, 0.05) is 12.5 Å². The lowest BCUT2D eigenvalue weighted by molar-refractivity contribution is -0.136. The van der Waals surface area contributed by atoms with Crippen LogP contribution in [0.2, 0.25) is 0 Å². The molecule has 0 aliphatic heterocycles. The number of hydrogen-bond donors (Lipinski definition) is 1. The molecule has 2 rings (SSSR count). The number of hydrogen-bond acceptors (Lipinski definition) is 3. The number of carboxylic acids is 1. The number of oxazole rings is 1. The molecule has 0 saturated carbocycles. The lowest BCUT2D eigenvalue weighted by Gasteiger charge is -1.95. The molecule has 2 aromatic rings. The number of rotatable bonds is 2. The molecule has 14 heavy (non-hydrogen) atoms. The Kier molecular flexibility index (Phi) is 1.96. The Bertz CT molecular complexity index is 487. The molecule has 0 fully saturated rings. The van der Waals surface area contributed by atoms with Crippen LogP contribution in [0.3, 0.4) is 0 Å². The molecule has 1 heterocycles. The predicted octanol–water partition coefficient (Wildman–Crippen LogP) is 1.76. The number of para-hydroxylation sites is 1. The van der Waals surface area contributed by atoms with Crippen molar-refractivity contribution in [1.82, 2.24) is 4.98 Å². The van der Waals surface area contributed by atoms with Gasteiger partial charge in [0.05, 0.1) is 6.42 Å². The highest BCUT2D eigenvalue weighted by atomic mass is 16.4. The van der Waals surface area contributed by atoms with Crippen LogP contribution in [0.15, 0.2) is 22.6 Å². The Balaban J connectivity index is 2.58. The minimum atomic E-state index is -0.869. The molecular formula is C10H9NO3. The molecule has 0 spiro atoms. The fraction of sp³-hybridized carbons (Fsp3) is 0.200. The molecule has 1 aromatic carbocycles. The maximum atomic E-state index is 10.6. The van der Waals surface area contributed by atoms with Crippen molar-refractivity contribution < 1.29 is 14.3 Å². The van der Waals surface area contributed by atoms with Crippen LogP contribution in [0.1, 0.15) is 11.5 Å². The molecule has 4 heteroatoms. The highest BCUT2D eigenvalue weighted by molar-refractivity contribution is 5.81. The zero-order chi connectivity index (χ0) is 10.1. The quantitative estimate of drug-likeness (QED) is 0.785. The minimum absolute atomic E-state index is 0.0357. The zero-order valence-electron chi connectivity index (χ0n) is 7.65. The van der Waals surface area contributed by atoms with Gasteiger partial charge in [-0.05, 0) is 6.07 Å². The van der Waals surface area contributed by atoms with E-state index in [-0.39, 0.29) is 6.42 Å². The maximum absolute atomic E-state index is 10.6. The number of aromatic nitrogens is 1. The molecule has 0 aliphatic carbocycles. The van der Waals surface area contributed by atoms with Gasteiger partial charge in [0.2, 0.25) is 0 Å². The number of aliphatic carboxylic acids is 1. The van der Waals surface area contributed by atoms with E-state index in [1.165, 1.54) is 0 Å². The number of nitrogens with zero attached hydrogens (tertiary/aromatic N) is 1. The van der Waals surface area contributed by atoms with Crippen LogP contribution < -0.4 is 0 Å². The van der Waals surface area contributed by atoms with E-state index in [9.17, 15) is 4.79 Å². The summed E-state index contributed by atoms with van der Waals surface area (Å²) in [6.45, 7) is 1.74. The summed E-state index contributed by atoms with van der Waals surface area (Å²) in [5.74, 6) is -0.315. The monoisotopic (exact) mass is 191 g/mol. The molecule has 0 bridgehead atoms. The molecule has 1 aromatic heterocycles. The highest BCUT2D eigenvalue weighted by Gasteiger charge is 2.09. The number of fused-ring (bicyclic) bond motifs is 1.